The van der Waals surface area contributed by atoms with Gasteiger partial charge in [0.05, 0.1) is 5.92 Å². The molecule has 0 saturated carbocycles. The van der Waals surface area contributed by atoms with Crippen LogP contribution < -0.4 is 5.32 Å². The fourth-order valence-corrected chi connectivity index (χ4v) is 3.97. The van der Waals surface area contributed by atoms with E-state index in [1.54, 1.807) is 0 Å². The van der Waals surface area contributed by atoms with Crippen LogP contribution in [0.15, 0.2) is 16.7 Å². The van der Waals surface area contributed by atoms with Crippen molar-refractivity contribution < 1.29 is 4.52 Å². The van der Waals surface area contributed by atoms with Gasteiger partial charge in [0, 0.05) is 34.5 Å². The molecule has 0 aromatic carbocycles. The zero-order valence-electron chi connectivity index (χ0n) is 11.9. The van der Waals surface area contributed by atoms with E-state index < -0.39 is 0 Å². The van der Waals surface area contributed by atoms with Crippen LogP contribution >= 0.6 is 11.8 Å². The number of pyridine rings is 1. The Balaban J connectivity index is 1.90. The van der Waals surface area contributed by atoms with Gasteiger partial charge in [-0.1, -0.05) is 5.16 Å². The molecule has 1 aliphatic heterocycles. The predicted octanol–water partition coefficient (Wildman–Crippen LogP) is 2.17. The van der Waals surface area contributed by atoms with E-state index >= 15 is 0 Å². The summed E-state index contributed by atoms with van der Waals surface area (Å²) < 4.78 is 5.48. The molecule has 1 saturated heterocycles. The van der Waals surface area contributed by atoms with Gasteiger partial charge in [-0.25, -0.2) is 0 Å². The molecule has 0 amide bonds. The quantitative estimate of drug-likeness (QED) is 0.934. The zero-order chi connectivity index (χ0) is 14.1. The third-order valence-electron chi connectivity index (χ3n) is 3.55. The van der Waals surface area contributed by atoms with E-state index in [2.05, 4.69) is 20.4 Å². The summed E-state index contributed by atoms with van der Waals surface area (Å²) >= 11 is 1.92. The van der Waals surface area contributed by atoms with Crippen LogP contribution in [0.2, 0.25) is 0 Å². The second kappa shape index (κ2) is 5.54. The Morgan fingerprint density at radius 3 is 2.65 bits per heavy atom. The highest BCUT2D eigenvalue weighted by Crippen LogP contribution is 2.32. The molecule has 1 N–H and O–H groups in total. The van der Waals surface area contributed by atoms with E-state index in [0.717, 1.165) is 34.3 Å². The topological polar surface area (TPSA) is 63.8 Å². The first-order valence-corrected chi connectivity index (χ1v) is 7.87. The largest absolute Gasteiger partial charge is 0.339 e. The zero-order valence-corrected chi connectivity index (χ0v) is 12.7. The Bertz CT molecular complexity index is 593. The van der Waals surface area contributed by atoms with Crippen molar-refractivity contribution in [2.24, 2.45) is 0 Å². The molecule has 0 radical (unpaired) electrons. The van der Waals surface area contributed by atoms with Crippen molar-refractivity contribution in [3.05, 3.63) is 29.4 Å². The van der Waals surface area contributed by atoms with E-state index in [1.165, 1.54) is 0 Å². The van der Waals surface area contributed by atoms with Crippen LogP contribution in [0.3, 0.4) is 0 Å². The number of aromatic nitrogens is 3. The second-order valence-corrected chi connectivity index (χ2v) is 6.21. The van der Waals surface area contributed by atoms with Crippen LogP contribution in [0.4, 0.5) is 0 Å². The monoisotopic (exact) mass is 290 g/mol. The molecule has 6 heteroatoms. The predicted molar refractivity (Wildman–Crippen MR) is 79.9 cm³/mol. The van der Waals surface area contributed by atoms with Crippen LogP contribution in [0.1, 0.15) is 23.2 Å². The van der Waals surface area contributed by atoms with Gasteiger partial charge in [-0.05, 0) is 33.0 Å². The van der Waals surface area contributed by atoms with Crippen molar-refractivity contribution in [2.75, 3.05) is 18.6 Å². The molecule has 2 atom stereocenters. The lowest BCUT2D eigenvalue weighted by atomic mass is 10.0. The highest BCUT2D eigenvalue weighted by molar-refractivity contribution is 7.99. The van der Waals surface area contributed by atoms with Gasteiger partial charge in [-0.2, -0.15) is 16.7 Å². The fourth-order valence-electron chi connectivity index (χ4n) is 2.55. The fraction of sp³-hybridized carbons (Fsp3) is 0.500. The number of thioether (sulfide) groups is 1. The maximum Gasteiger partial charge on any atom is 0.232 e. The highest BCUT2D eigenvalue weighted by atomic mass is 32.2. The van der Waals surface area contributed by atoms with Crippen LogP contribution in [0.5, 0.6) is 0 Å². The number of nitrogens with zero attached hydrogens (tertiary/aromatic N) is 3. The molecule has 2 unspecified atom stereocenters. The molecule has 3 heterocycles. The molecule has 1 aliphatic rings. The molecule has 2 aromatic rings. The number of hydrogen-bond acceptors (Lipinski definition) is 6. The Kier molecular flexibility index (Phi) is 3.76. The Labute approximate surface area is 122 Å². The standard InChI is InChI=1S/C14H18N4OS/c1-8-4-10(5-9(2)16-8)13-17-14(19-18-13)11-6-20-7-12(11)15-3/h4-5,11-12,15H,6-7H2,1-3H3. The molecule has 3 rings (SSSR count). The summed E-state index contributed by atoms with van der Waals surface area (Å²) in [6, 6.07) is 4.38. The number of hydrogen-bond donors (Lipinski definition) is 1. The lowest BCUT2D eigenvalue weighted by Gasteiger charge is -2.13. The molecular formula is C14H18N4OS. The van der Waals surface area contributed by atoms with Crippen molar-refractivity contribution in [2.45, 2.75) is 25.8 Å². The van der Waals surface area contributed by atoms with E-state index in [-0.39, 0.29) is 0 Å². The van der Waals surface area contributed by atoms with Crippen molar-refractivity contribution in [1.29, 1.82) is 0 Å². The number of rotatable bonds is 3. The van der Waals surface area contributed by atoms with Gasteiger partial charge in [0.25, 0.3) is 0 Å². The number of aryl methyl sites for hydroxylation is 2. The summed E-state index contributed by atoms with van der Waals surface area (Å²) in [4.78, 5) is 8.95. The molecule has 1 fully saturated rings. The SMILES string of the molecule is CNC1CSCC1c1nc(-c2cc(C)nc(C)c2)no1. The van der Waals surface area contributed by atoms with Crippen molar-refractivity contribution in [3.63, 3.8) is 0 Å². The van der Waals surface area contributed by atoms with Gasteiger partial charge in [0.2, 0.25) is 11.7 Å². The third-order valence-corrected chi connectivity index (χ3v) is 4.74. The summed E-state index contributed by atoms with van der Waals surface area (Å²) in [5.74, 6) is 3.81. The van der Waals surface area contributed by atoms with E-state index in [9.17, 15) is 0 Å². The minimum absolute atomic E-state index is 0.301. The molecule has 106 valence electrons. The van der Waals surface area contributed by atoms with Gasteiger partial charge in [-0.15, -0.1) is 0 Å². The minimum atomic E-state index is 0.301. The van der Waals surface area contributed by atoms with Gasteiger partial charge >= 0.3 is 0 Å². The smallest absolute Gasteiger partial charge is 0.232 e. The van der Waals surface area contributed by atoms with Crippen LogP contribution in [-0.2, 0) is 0 Å². The lowest BCUT2D eigenvalue weighted by molar-refractivity contribution is 0.344. The van der Waals surface area contributed by atoms with E-state index in [0.29, 0.717) is 17.8 Å². The maximum absolute atomic E-state index is 5.48. The van der Waals surface area contributed by atoms with Gasteiger partial charge in [0.1, 0.15) is 0 Å². The minimum Gasteiger partial charge on any atom is -0.339 e. The van der Waals surface area contributed by atoms with Crippen LogP contribution in [0, 0.1) is 13.8 Å². The lowest BCUT2D eigenvalue weighted by Crippen LogP contribution is -2.31. The number of nitrogens with one attached hydrogen (secondary N) is 1. The van der Waals surface area contributed by atoms with Crippen LogP contribution in [0.25, 0.3) is 11.4 Å². The second-order valence-electron chi connectivity index (χ2n) is 5.13. The normalized spacial score (nSPS) is 22.4. The number of likely N-dealkylation sites (N-methyl/N-ethyl adjacent to an activating group) is 1. The Morgan fingerprint density at radius 1 is 1.20 bits per heavy atom. The first-order valence-electron chi connectivity index (χ1n) is 6.71. The molecule has 0 aliphatic carbocycles. The van der Waals surface area contributed by atoms with Gasteiger partial charge < -0.3 is 9.84 Å². The molecular weight excluding hydrogens is 272 g/mol. The maximum atomic E-state index is 5.48. The van der Waals surface area contributed by atoms with Gasteiger partial charge in [0.15, 0.2) is 0 Å². The molecule has 5 nitrogen and oxygen atoms in total. The summed E-state index contributed by atoms with van der Waals surface area (Å²) in [7, 11) is 1.98. The molecule has 0 bridgehead atoms. The summed E-state index contributed by atoms with van der Waals surface area (Å²) in [6.45, 7) is 3.95. The average molecular weight is 290 g/mol. The molecule has 20 heavy (non-hydrogen) atoms. The average Bonchev–Trinajstić information content (AvgIpc) is 3.06. The van der Waals surface area contributed by atoms with Crippen LogP contribution in [-0.4, -0.2) is 39.7 Å². The van der Waals surface area contributed by atoms with E-state index in [1.807, 2.05) is 44.8 Å². The summed E-state index contributed by atoms with van der Waals surface area (Å²) in [6.07, 6.45) is 0. The highest BCUT2D eigenvalue weighted by Gasteiger charge is 2.32. The molecule has 2 aromatic heterocycles. The van der Waals surface area contributed by atoms with Crippen molar-refractivity contribution in [1.82, 2.24) is 20.4 Å². The van der Waals surface area contributed by atoms with Crippen molar-refractivity contribution in [3.8, 4) is 11.4 Å². The van der Waals surface area contributed by atoms with Crippen molar-refractivity contribution >= 4 is 11.8 Å². The molecule has 0 spiro atoms. The first-order chi connectivity index (χ1) is 9.67. The first kappa shape index (κ1) is 13.6. The van der Waals surface area contributed by atoms with E-state index in [4.69, 9.17) is 4.52 Å². The third kappa shape index (κ3) is 2.58. The summed E-state index contributed by atoms with van der Waals surface area (Å²) in [5, 5.41) is 7.45. The van der Waals surface area contributed by atoms with Gasteiger partial charge in [-0.3, -0.25) is 4.98 Å². The Hall–Kier alpha value is -1.40. The summed E-state index contributed by atoms with van der Waals surface area (Å²) in [5.41, 5.74) is 2.91. The Morgan fingerprint density at radius 2 is 1.95 bits per heavy atom.